The van der Waals surface area contributed by atoms with Gasteiger partial charge in [0.2, 0.25) is 11.0 Å². The first-order chi connectivity index (χ1) is 11.6. The summed E-state index contributed by atoms with van der Waals surface area (Å²) in [7, 11) is 0. The fourth-order valence-corrected chi connectivity index (χ4v) is 3.82. The van der Waals surface area contributed by atoms with E-state index in [-0.39, 0.29) is 11.2 Å². The Kier molecular flexibility index (Phi) is 5.15. The number of aromatic nitrogens is 4. The van der Waals surface area contributed by atoms with Crippen molar-refractivity contribution in [2.45, 2.75) is 43.5 Å². The summed E-state index contributed by atoms with van der Waals surface area (Å²) in [6, 6.07) is 7.83. The number of nitrogens with zero attached hydrogens (tertiary/aromatic N) is 3. The number of fused-ring (bicyclic) bond motifs is 1. The van der Waals surface area contributed by atoms with Crippen LogP contribution in [0.2, 0.25) is 0 Å². The Hall–Kier alpha value is -1.93. The fraction of sp³-hybridized carbons (Fsp3) is 0.375. The number of thioether (sulfide) groups is 1. The number of hydrogen-bond donors (Lipinski definition) is 2. The lowest BCUT2D eigenvalue weighted by Gasteiger charge is -2.11. The third kappa shape index (κ3) is 3.76. The van der Waals surface area contributed by atoms with Crippen molar-refractivity contribution in [2.24, 2.45) is 0 Å². The molecule has 3 aromatic rings. The summed E-state index contributed by atoms with van der Waals surface area (Å²) in [6.07, 6.45) is 0.698. The molecular formula is C16H19N5OS2. The van der Waals surface area contributed by atoms with Crippen LogP contribution in [0.1, 0.15) is 38.1 Å². The van der Waals surface area contributed by atoms with E-state index in [1.165, 1.54) is 23.1 Å². The number of nitrogens with one attached hydrogen (secondary N) is 2. The predicted octanol–water partition coefficient (Wildman–Crippen LogP) is 4.05. The lowest BCUT2D eigenvalue weighted by Crippen LogP contribution is -2.24. The van der Waals surface area contributed by atoms with Crippen LogP contribution in [0.15, 0.2) is 29.4 Å². The molecule has 24 heavy (non-hydrogen) atoms. The molecule has 0 saturated heterocycles. The van der Waals surface area contributed by atoms with Gasteiger partial charge in [-0.1, -0.05) is 56.0 Å². The molecule has 6 nitrogen and oxygen atoms in total. The van der Waals surface area contributed by atoms with Gasteiger partial charge in [0.15, 0.2) is 5.16 Å². The van der Waals surface area contributed by atoms with Crippen LogP contribution in [0, 0.1) is 0 Å². The molecule has 0 aliphatic carbocycles. The number of H-pyrrole nitrogens is 1. The van der Waals surface area contributed by atoms with E-state index in [9.17, 15) is 4.79 Å². The molecule has 2 heterocycles. The molecule has 0 spiro atoms. The Morgan fingerprint density at radius 2 is 2.12 bits per heavy atom. The predicted molar refractivity (Wildman–Crippen MR) is 98.7 cm³/mol. The highest BCUT2D eigenvalue weighted by Crippen LogP contribution is 2.27. The monoisotopic (exact) mass is 361 g/mol. The molecule has 1 amide bonds. The van der Waals surface area contributed by atoms with Gasteiger partial charge in [-0.05, 0) is 18.6 Å². The Balaban J connectivity index is 1.69. The number of hydrogen-bond acceptors (Lipinski definition) is 6. The number of anilines is 1. The van der Waals surface area contributed by atoms with Gasteiger partial charge in [-0.15, -0.1) is 10.2 Å². The van der Waals surface area contributed by atoms with Crippen LogP contribution in [-0.2, 0) is 4.79 Å². The molecule has 0 saturated carbocycles. The van der Waals surface area contributed by atoms with Crippen molar-refractivity contribution in [3.05, 3.63) is 29.3 Å². The maximum atomic E-state index is 12.5. The minimum Gasteiger partial charge on any atom is -0.333 e. The number of aromatic amines is 1. The average Bonchev–Trinajstić information content (AvgIpc) is 3.18. The lowest BCUT2D eigenvalue weighted by molar-refractivity contribution is -0.115. The highest BCUT2D eigenvalue weighted by Gasteiger charge is 2.21. The number of para-hydroxylation sites is 2. The van der Waals surface area contributed by atoms with Gasteiger partial charge in [0.25, 0.3) is 0 Å². The molecule has 2 N–H and O–H groups in total. The van der Waals surface area contributed by atoms with Crippen LogP contribution in [0.25, 0.3) is 11.0 Å². The van der Waals surface area contributed by atoms with Crippen LogP contribution in [0.4, 0.5) is 5.13 Å². The molecule has 0 aliphatic heterocycles. The smallest absolute Gasteiger partial charge is 0.239 e. The van der Waals surface area contributed by atoms with Gasteiger partial charge in [0.1, 0.15) is 5.01 Å². The molecule has 126 valence electrons. The summed E-state index contributed by atoms with van der Waals surface area (Å²) in [6.45, 7) is 6.09. The Labute approximate surface area is 148 Å². The van der Waals surface area contributed by atoms with Crippen molar-refractivity contribution < 1.29 is 4.79 Å². The Bertz CT molecular complexity index is 809. The molecule has 0 bridgehead atoms. The first-order valence-electron chi connectivity index (χ1n) is 7.82. The summed E-state index contributed by atoms with van der Waals surface area (Å²) in [5.41, 5.74) is 1.88. The first-order valence-corrected chi connectivity index (χ1v) is 9.52. The molecule has 1 aromatic carbocycles. The minimum atomic E-state index is -0.239. The lowest BCUT2D eigenvalue weighted by atomic mass is 10.2. The molecule has 3 rings (SSSR count). The highest BCUT2D eigenvalue weighted by atomic mass is 32.2. The normalized spacial score (nSPS) is 12.7. The first kappa shape index (κ1) is 16.9. The molecule has 0 fully saturated rings. The van der Waals surface area contributed by atoms with Gasteiger partial charge in [-0.2, -0.15) is 0 Å². The second-order valence-corrected chi connectivity index (χ2v) is 7.86. The SMILES string of the molecule is CCC(Sc1nc2ccccc2[nH]1)C(=O)Nc1nnc(C(C)C)s1. The van der Waals surface area contributed by atoms with Gasteiger partial charge in [0, 0.05) is 5.92 Å². The van der Waals surface area contributed by atoms with Gasteiger partial charge in [-0.3, -0.25) is 10.1 Å². The average molecular weight is 361 g/mol. The van der Waals surface area contributed by atoms with Crippen LogP contribution in [0.5, 0.6) is 0 Å². The molecule has 8 heteroatoms. The zero-order chi connectivity index (χ0) is 17.1. The number of amides is 1. The molecule has 0 aliphatic rings. The second kappa shape index (κ2) is 7.31. The second-order valence-electron chi connectivity index (χ2n) is 5.66. The maximum Gasteiger partial charge on any atom is 0.239 e. The molecular weight excluding hydrogens is 342 g/mol. The summed E-state index contributed by atoms with van der Waals surface area (Å²) < 4.78 is 0. The quantitative estimate of drug-likeness (QED) is 0.647. The van der Waals surface area contributed by atoms with E-state index in [0.29, 0.717) is 17.5 Å². The summed E-state index contributed by atoms with van der Waals surface area (Å²) in [5, 5.41) is 13.0. The van der Waals surface area contributed by atoms with Crippen molar-refractivity contribution in [1.29, 1.82) is 0 Å². The Morgan fingerprint density at radius 1 is 1.33 bits per heavy atom. The molecule has 2 aromatic heterocycles. The third-order valence-electron chi connectivity index (χ3n) is 3.45. The zero-order valence-corrected chi connectivity index (χ0v) is 15.4. The van der Waals surface area contributed by atoms with E-state index >= 15 is 0 Å². The third-order valence-corrected chi connectivity index (χ3v) is 5.84. The van der Waals surface area contributed by atoms with Crippen LogP contribution in [0.3, 0.4) is 0 Å². The van der Waals surface area contributed by atoms with Gasteiger partial charge >= 0.3 is 0 Å². The van der Waals surface area contributed by atoms with Crippen molar-refractivity contribution in [1.82, 2.24) is 20.2 Å². The highest BCUT2D eigenvalue weighted by molar-refractivity contribution is 8.00. The van der Waals surface area contributed by atoms with E-state index in [4.69, 9.17) is 0 Å². The number of rotatable bonds is 6. The topological polar surface area (TPSA) is 83.6 Å². The molecule has 1 atom stereocenters. The van der Waals surface area contributed by atoms with E-state index in [2.05, 4.69) is 39.3 Å². The van der Waals surface area contributed by atoms with Gasteiger partial charge < -0.3 is 4.98 Å². The van der Waals surface area contributed by atoms with E-state index in [1.54, 1.807) is 0 Å². The van der Waals surface area contributed by atoms with Gasteiger partial charge in [-0.25, -0.2) is 4.98 Å². The minimum absolute atomic E-state index is 0.0746. The largest absolute Gasteiger partial charge is 0.333 e. The van der Waals surface area contributed by atoms with Crippen molar-refractivity contribution in [2.75, 3.05) is 5.32 Å². The van der Waals surface area contributed by atoms with E-state index < -0.39 is 0 Å². The van der Waals surface area contributed by atoms with Gasteiger partial charge in [0.05, 0.1) is 16.3 Å². The van der Waals surface area contributed by atoms with Crippen LogP contribution in [-0.4, -0.2) is 31.3 Å². The summed E-state index contributed by atoms with van der Waals surface area (Å²) in [5.74, 6) is 0.231. The number of carbonyl (C=O) groups is 1. The van der Waals surface area contributed by atoms with Crippen LogP contribution >= 0.6 is 23.1 Å². The fourth-order valence-electron chi connectivity index (χ4n) is 2.15. The molecule has 0 radical (unpaired) electrons. The Morgan fingerprint density at radius 3 is 2.79 bits per heavy atom. The molecule has 1 unspecified atom stereocenters. The van der Waals surface area contributed by atoms with Crippen molar-refractivity contribution in [3.8, 4) is 0 Å². The van der Waals surface area contributed by atoms with E-state index in [0.717, 1.165) is 21.2 Å². The zero-order valence-electron chi connectivity index (χ0n) is 13.7. The summed E-state index contributed by atoms with van der Waals surface area (Å²) >= 11 is 2.85. The number of carbonyl (C=O) groups excluding carboxylic acids is 1. The van der Waals surface area contributed by atoms with Crippen molar-refractivity contribution in [3.63, 3.8) is 0 Å². The van der Waals surface area contributed by atoms with Crippen LogP contribution < -0.4 is 5.32 Å². The van der Waals surface area contributed by atoms with E-state index in [1.807, 2.05) is 31.2 Å². The number of imidazole rings is 1. The standard InChI is InChI=1S/C16H19N5OS2/c1-4-12(13(22)19-16-21-20-14(24-16)9(2)3)23-15-17-10-7-5-6-8-11(10)18-15/h5-9,12H,4H2,1-3H3,(H,17,18)(H,19,21,22). The van der Waals surface area contributed by atoms with Crippen molar-refractivity contribution >= 4 is 45.2 Å². The maximum absolute atomic E-state index is 12.5. The summed E-state index contributed by atoms with van der Waals surface area (Å²) in [4.78, 5) is 20.3. The number of benzene rings is 1.